The van der Waals surface area contributed by atoms with Crippen molar-refractivity contribution in [2.24, 2.45) is 0 Å². The number of methoxy groups -OCH3 is 1. The van der Waals surface area contributed by atoms with Gasteiger partial charge in [-0.25, -0.2) is 4.79 Å². The van der Waals surface area contributed by atoms with E-state index < -0.39 is 0 Å². The number of carbonyl (C=O) groups is 1. The third kappa shape index (κ3) is 3.38. The lowest BCUT2D eigenvalue weighted by atomic mass is 9.88. The first-order valence-corrected chi connectivity index (χ1v) is 6.54. The quantitative estimate of drug-likeness (QED) is 0.755. The molecule has 0 heterocycles. The standard InChI is InChI=1S/C14H20N2O3/c1-19-13-4-2-3-10-9-11(5-6-12(10)13)16-14(18)15-7-8-17/h2-4,11,17H,5-9H2,1H3,(H2,15,16,18). The first-order valence-electron chi connectivity index (χ1n) is 6.54. The summed E-state index contributed by atoms with van der Waals surface area (Å²) in [4.78, 5) is 11.5. The smallest absolute Gasteiger partial charge is 0.315 e. The summed E-state index contributed by atoms with van der Waals surface area (Å²) in [6.45, 7) is 0.237. The van der Waals surface area contributed by atoms with Crippen LogP contribution in [0.3, 0.4) is 0 Å². The Balaban J connectivity index is 1.97. The number of fused-ring (bicyclic) bond motifs is 1. The number of amides is 2. The molecular formula is C14H20N2O3. The second kappa shape index (κ2) is 6.43. The minimum absolute atomic E-state index is 0.0435. The van der Waals surface area contributed by atoms with E-state index in [9.17, 15) is 4.79 Å². The number of rotatable bonds is 4. The number of aliphatic hydroxyl groups is 1. The predicted molar refractivity (Wildman–Crippen MR) is 72.4 cm³/mol. The average Bonchev–Trinajstić information content (AvgIpc) is 2.44. The van der Waals surface area contributed by atoms with E-state index in [1.807, 2.05) is 12.1 Å². The van der Waals surface area contributed by atoms with Crippen LogP contribution in [-0.2, 0) is 12.8 Å². The fourth-order valence-corrected chi connectivity index (χ4v) is 2.49. The molecule has 2 amide bonds. The third-order valence-electron chi connectivity index (χ3n) is 3.39. The zero-order valence-electron chi connectivity index (χ0n) is 11.1. The van der Waals surface area contributed by atoms with Gasteiger partial charge in [0, 0.05) is 12.6 Å². The summed E-state index contributed by atoms with van der Waals surface area (Å²) >= 11 is 0. The number of hydrogen-bond donors (Lipinski definition) is 3. The van der Waals surface area contributed by atoms with Gasteiger partial charge in [0.05, 0.1) is 13.7 Å². The van der Waals surface area contributed by atoms with Gasteiger partial charge in [0.2, 0.25) is 0 Å². The number of urea groups is 1. The molecule has 5 nitrogen and oxygen atoms in total. The molecule has 0 radical (unpaired) electrons. The number of aliphatic hydroxyl groups excluding tert-OH is 1. The van der Waals surface area contributed by atoms with Gasteiger partial charge in [-0.1, -0.05) is 12.1 Å². The fourth-order valence-electron chi connectivity index (χ4n) is 2.49. The van der Waals surface area contributed by atoms with Gasteiger partial charge in [0.15, 0.2) is 0 Å². The molecule has 0 bridgehead atoms. The lowest BCUT2D eigenvalue weighted by Gasteiger charge is -2.26. The van der Waals surface area contributed by atoms with Crippen molar-refractivity contribution in [2.45, 2.75) is 25.3 Å². The minimum atomic E-state index is -0.217. The summed E-state index contributed by atoms with van der Waals surface area (Å²) in [7, 11) is 1.68. The molecule has 1 aliphatic rings. The molecule has 2 rings (SSSR count). The molecule has 0 spiro atoms. The molecule has 1 aromatic carbocycles. The van der Waals surface area contributed by atoms with Crippen molar-refractivity contribution < 1.29 is 14.6 Å². The van der Waals surface area contributed by atoms with Crippen LogP contribution >= 0.6 is 0 Å². The van der Waals surface area contributed by atoms with Crippen molar-refractivity contribution in [3.05, 3.63) is 29.3 Å². The predicted octanol–water partition coefficient (Wildman–Crippen LogP) is 0.844. The summed E-state index contributed by atoms with van der Waals surface area (Å²) < 4.78 is 5.35. The molecule has 0 aromatic heterocycles. The molecule has 3 N–H and O–H groups in total. The molecule has 0 fully saturated rings. The largest absolute Gasteiger partial charge is 0.496 e. The normalized spacial score (nSPS) is 17.5. The van der Waals surface area contributed by atoms with Gasteiger partial charge >= 0.3 is 6.03 Å². The van der Waals surface area contributed by atoms with Crippen LogP contribution in [0.2, 0.25) is 0 Å². The van der Waals surface area contributed by atoms with Crippen LogP contribution in [-0.4, -0.2) is 37.4 Å². The Bertz CT molecular complexity index is 448. The molecule has 19 heavy (non-hydrogen) atoms. The molecule has 0 saturated carbocycles. The molecule has 1 aromatic rings. The first-order chi connectivity index (χ1) is 9.24. The van der Waals surface area contributed by atoms with Gasteiger partial charge in [-0.3, -0.25) is 0 Å². The van der Waals surface area contributed by atoms with Crippen LogP contribution < -0.4 is 15.4 Å². The van der Waals surface area contributed by atoms with Crippen molar-refractivity contribution in [2.75, 3.05) is 20.3 Å². The van der Waals surface area contributed by atoms with Gasteiger partial charge in [-0.2, -0.15) is 0 Å². The van der Waals surface area contributed by atoms with Gasteiger partial charge in [0.1, 0.15) is 5.75 Å². The zero-order valence-corrected chi connectivity index (χ0v) is 11.1. The van der Waals surface area contributed by atoms with E-state index in [2.05, 4.69) is 16.7 Å². The number of ether oxygens (including phenoxy) is 1. The summed E-state index contributed by atoms with van der Waals surface area (Å²) in [5, 5.41) is 14.2. The molecule has 1 unspecified atom stereocenters. The maximum atomic E-state index is 11.5. The Morgan fingerprint density at radius 1 is 1.53 bits per heavy atom. The fraction of sp³-hybridized carbons (Fsp3) is 0.500. The van der Waals surface area contributed by atoms with Gasteiger partial charge in [-0.15, -0.1) is 0 Å². The van der Waals surface area contributed by atoms with Crippen molar-refractivity contribution in [3.63, 3.8) is 0 Å². The van der Waals surface area contributed by atoms with Crippen molar-refractivity contribution in [1.82, 2.24) is 10.6 Å². The number of benzene rings is 1. The van der Waals surface area contributed by atoms with E-state index in [1.165, 1.54) is 11.1 Å². The summed E-state index contributed by atoms with van der Waals surface area (Å²) in [6, 6.07) is 5.95. The maximum absolute atomic E-state index is 11.5. The van der Waals surface area contributed by atoms with Crippen molar-refractivity contribution in [1.29, 1.82) is 0 Å². The van der Waals surface area contributed by atoms with Gasteiger partial charge in [-0.05, 0) is 36.5 Å². The van der Waals surface area contributed by atoms with Crippen molar-refractivity contribution in [3.8, 4) is 5.75 Å². The molecule has 0 aliphatic heterocycles. The maximum Gasteiger partial charge on any atom is 0.315 e. The Kier molecular flexibility index (Phi) is 4.63. The SMILES string of the molecule is COc1cccc2c1CCC(NC(=O)NCCO)C2. The van der Waals surface area contributed by atoms with Crippen LogP contribution in [0.1, 0.15) is 17.5 Å². The highest BCUT2D eigenvalue weighted by Gasteiger charge is 2.22. The lowest BCUT2D eigenvalue weighted by Crippen LogP contribution is -2.45. The highest BCUT2D eigenvalue weighted by atomic mass is 16.5. The average molecular weight is 264 g/mol. The molecule has 104 valence electrons. The van der Waals surface area contributed by atoms with Crippen LogP contribution in [0.4, 0.5) is 4.79 Å². The van der Waals surface area contributed by atoms with Gasteiger partial charge in [0.25, 0.3) is 0 Å². The topological polar surface area (TPSA) is 70.6 Å². The van der Waals surface area contributed by atoms with Crippen LogP contribution in [0.5, 0.6) is 5.75 Å². The first kappa shape index (κ1) is 13.7. The Morgan fingerprint density at radius 3 is 3.11 bits per heavy atom. The van der Waals surface area contributed by atoms with Gasteiger partial charge < -0.3 is 20.5 Å². The minimum Gasteiger partial charge on any atom is -0.496 e. The highest BCUT2D eigenvalue weighted by molar-refractivity contribution is 5.74. The summed E-state index contributed by atoms with van der Waals surface area (Å²) in [5.74, 6) is 0.931. The zero-order chi connectivity index (χ0) is 13.7. The second-order valence-electron chi connectivity index (χ2n) is 4.66. The monoisotopic (exact) mass is 264 g/mol. The lowest BCUT2D eigenvalue weighted by molar-refractivity contribution is 0.229. The van der Waals surface area contributed by atoms with E-state index in [1.54, 1.807) is 7.11 Å². The second-order valence-corrected chi connectivity index (χ2v) is 4.66. The van der Waals surface area contributed by atoms with Crippen LogP contribution in [0, 0.1) is 0 Å². The number of nitrogens with one attached hydrogen (secondary N) is 2. The van der Waals surface area contributed by atoms with E-state index in [0.717, 1.165) is 25.0 Å². The Labute approximate surface area is 113 Å². The number of carbonyl (C=O) groups excluding carboxylic acids is 1. The third-order valence-corrected chi connectivity index (χ3v) is 3.39. The highest BCUT2D eigenvalue weighted by Crippen LogP contribution is 2.29. The van der Waals surface area contributed by atoms with Crippen LogP contribution in [0.25, 0.3) is 0 Å². The molecular weight excluding hydrogens is 244 g/mol. The molecule has 1 atom stereocenters. The van der Waals surface area contributed by atoms with Crippen LogP contribution in [0.15, 0.2) is 18.2 Å². The Morgan fingerprint density at radius 2 is 2.37 bits per heavy atom. The Hall–Kier alpha value is -1.75. The van der Waals surface area contributed by atoms with E-state index in [4.69, 9.17) is 9.84 Å². The van der Waals surface area contributed by atoms with Crippen molar-refractivity contribution >= 4 is 6.03 Å². The molecule has 5 heteroatoms. The molecule has 1 aliphatic carbocycles. The summed E-state index contributed by atoms with van der Waals surface area (Å²) in [6.07, 6.45) is 2.63. The van der Waals surface area contributed by atoms with E-state index in [0.29, 0.717) is 0 Å². The van der Waals surface area contributed by atoms with E-state index in [-0.39, 0.29) is 25.2 Å². The van der Waals surface area contributed by atoms with E-state index >= 15 is 0 Å². The summed E-state index contributed by atoms with van der Waals surface area (Å²) in [5.41, 5.74) is 2.48. The molecule has 0 saturated heterocycles. The number of hydrogen-bond acceptors (Lipinski definition) is 3.